The molecule has 0 atom stereocenters. The minimum absolute atomic E-state index is 0.482. The highest BCUT2D eigenvalue weighted by Gasteiger charge is 2.08. The van der Waals surface area contributed by atoms with E-state index in [2.05, 4.69) is 25.6 Å². The highest BCUT2D eigenvalue weighted by molar-refractivity contribution is 7.13. The maximum absolute atomic E-state index is 6.01. The van der Waals surface area contributed by atoms with Crippen LogP contribution < -0.4 is 16.4 Å². The Kier molecular flexibility index (Phi) is 4.87. The quantitative estimate of drug-likeness (QED) is 0.664. The molecular weight excluding hydrogens is 264 g/mol. The lowest BCUT2D eigenvalue weighted by molar-refractivity contribution is 0.198. The number of nitrogens with one attached hydrogen (secondary N) is 2. The number of hydrogen-bond acceptors (Lipinski definition) is 8. The van der Waals surface area contributed by atoms with E-state index in [1.54, 1.807) is 13.3 Å². The molecule has 2 heterocycles. The van der Waals surface area contributed by atoms with E-state index >= 15 is 0 Å². The Morgan fingerprint density at radius 2 is 2.16 bits per heavy atom. The van der Waals surface area contributed by atoms with Crippen LogP contribution in [0.25, 0.3) is 0 Å². The zero-order valence-corrected chi connectivity index (χ0v) is 11.4. The summed E-state index contributed by atoms with van der Waals surface area (Å²) < 4.78 is 4.98. The Hall–Kier alpha value is -1.93. The molecule has 0 saturated carbocycles. The van der Waals surface area contributed by atoms with Gasteiger partial charge in [0.25, 0.3) is 0 Å². The third kappa shape index (κ3) is 3.76. The predicted molar refractivity (Wildman–Crippen MR) is 76.8 cm³/mol. The standard InChI is InChI=1S/C11H16N6OS/c1-18-5-2-3-13-9-8(12)10(16-7-15-9)17-11-14-4-6-19-11/h4,6-7H,2-3,5,12H2,1H3,(H2,13,14,15,16,17). The van der Waals surface area contributed by atoms with E-state index in [4.69, 9.17) is 10.5 Å². The maximum Gasteiger partial charge on any atom is 0.188 e. The lowest BCUT2D eigenvalue weighted by atomic mass is 10.4. The summed E-state index contributed by atoms with van der Waals surface area (Å²) >= 11 is 1.48. The molecule has 102 valence electrons. The van der Waals surface area contributed by atoms with Crippen molar-refractivity contribution >= 4 is 33.8 Å². The third-order valence-corrected chi connectivity index (χ3v) is 3.05. The van der Waals surface area contributed by atoms with E-state index in [1.807, 2.05) is 5.38 Å². The number of nitrogen functional groups attached to an aromatic ring is 1. The van der Waals surface area contributed by atoms with Gasteiger partial charge in [-0.2, -0.15) is 0 Å². The fourth-order valence-corrected chi connectivity index (χ4v) is 1.97. The van der Waals surface area contributed by atoms with E-state index in [1.165, 1.54) is 17.7 Å². The Bertz CT molecular complexity index is 504. The van der Waals surface area contributed by atoms with E-state index in [-0.39, 0.29) is 0 Å². The van der Waals surface area contributed by atoms with Gasteiger partial charge in [-0.3, -0.25) is 0 Å². The topological polar surface area (TPSA) is 98.0 Å². The number of ether oxygens (including phenoxy) is 1. The predicted octanol–water partition coefficient (Wildman–Crippen LogP) is 1.71. The Morgan fingerprint density at radius 1 is 1.32 bits per heavy atom. The first-order chi connectivity index (χ1) is 9.31. The Labute approximate surface area is 115 Å². The molecule has 0 saturated heterocycles. The summed E-state index contributed by atoms with van der Waals surface area (Å²) in [7, 11) is 1.68. The van der Waals surface area contributed by atoms with Crippen LogP contribution in [0, 0.1) is 0 Å². The number of thiazole rings is 1. The van der Waals surface area contributed by atoms with E-state index < -0.39 is 0 Å². The van der Waals surface area contributed by atoms with Gasteiger partial charge >= 0.3 is 0 Å². The first-order valence-electron chi connectivity index (χ1n) is 5.81. The molecule has 0 amide bonds. The molecule has 8 heteroatoms. The van der Waals surface area contributed by atoms with Crippen LogP contribution in [0.1, 0.15) is 6.42 Å². The van der Waals surface area contributed by atoms with E-state index in [0.29, 0.717) is 23.9 Å². The van der Waals surface area contributed by atoms with Gasteiger partial charge in [-0.1, -0.05) is 0 Å². The first kappa shape index (κ1) is 13.5. The fraction of sp³-hybridized carbons (Fsp3) is 0.364. The zero-order chi connectivity index (χ0) is 13.5. The van der Waals surface area contributed by atoms with Gasteiger partial charge in [0.2, 0.25) is 0 Å². The lowest BCUT2D eigenvalue weighted by Gasteiger charge is -2.11. The monoisotopic (exact) mass is 280 g/mol. The van der Waals surface area contributed by atoms with Gasteiger partial charge in [0.15, 0.2) is 16.8 Å². The van der Waals surface area contributed by atoms with E-state index in [0.717, 1.165) is 18.1 Å². The zero-order valence-electron chi connectivity index (χ0n) is 10.6. The number of rotatable bonds is 7. The van der Waals surface area contributed by atoms with Gasteiger partial charge in [0, 0.05) is 31.8 Å². The third-order valence-electron chi connectivity index (χ3n) is 2.36. The van der Waals surface area contributed by atoms with Crippen LogP contribution in [0.4, 0.5) is 22.5 Å². The van der Waals surface area contributed by atoms with Crippen molar-refractivity contribution in [3.05, 3.63) is 17.9 Å². The molecule has 0 aliphatic carbocycles. The molecule has 4 N–H and O–H groups in total. The molecule has 19 heavy (non-hydrogen) atoms. The number of aromatic nitrogens is 3. The molecular formula is C11H16N6OS. The maximum atomic E-state index is 6.01. The van der Waals surface area contributed by atoms with Crippen LogP contribution in [0.3, 0.4) is 0 Å². The van der Waals surface area contributed by atoms with Crippen molar-refractivity contribution < 1.29 is 4.74 Å². The van der Waals surface area contributed by atoms with Crippen LogP contribution in [-0.4, -0.2) is 35.2 Å². The van der Waals surface area contributed by atoms with Gasteiger partial charge in [-0.25, -0.2) is 15.0 Å². The molecule has 0 spiro atoms. The second kappa shape index (κ2) is 6.86. The SMILES string of the molecule is COCCCNc1ncnc(Nc2nccs2)c1N. The second-order valence-corrected chi connectivity index (χ2v) is 4.61. The van der Waals surface area contributed by atoms with Crippen LogP contribution in [0.5, 0.6) is 0 Å². The molecule has 0 aromatic carbocycles. The van der Waals surface area contributed by atoms with Crippen LogP contribution in [-0.2, 0) is 4.74 Å². The second-order valence-electron chi connectivity index (χ2n) is 3.72. The first-order valence-corrected chi connectivity index (χ1v) is 6.69. The highest BCUT2D eigenvalue weighted by atomic mass is 32.1. The lowest BCUT2D eigenvalue weighted by Crippen LogP contribution is -2.10. The number of anilines is 4. The molecule has 0 aliphatic rings. The summed E-state index contributed by atoms with van der Waals surface area (Å²) in [5.41, 5.74) is 6.49. The summed E-state index contributed by atoms with van der Waals surface area (Å²) in [4.78, 5) is 12.4. The summed E-state index contributed by atoms with van der Waals surface area (Å²) in [6, 6.07) is 0. The Morgan fingerprint density at radius 3 is 2.89 bits per heavy atom. The summed E-state index contributed by atoms with van der Waals surface area (Å²) in [6.07, 6.45) is 4.06. The highest BCUT2D eigenvalue weighted by Crippen LogP contribution is 2.26. The van der Waals surface area contributed by atoms with Crippen molar-refractivity contribution in [2.24, 2.45) is 0 Å². The molecule has 7 nitrogen and oxygen atoms in total. The van der Waals surface area contributed by atoms with Gasteiger partial charge < -0.3 is 21.1 Å². The largest absolute Gasteiger partial charge is 0.393 e. The molecule has 0 radical (unpaired) electrons. The van der Waals surface area contributed by atoms with Crippen molar-refractivity contribution in [2.75, 3.05) is 36.6 Å². The Balaban J connectivity index is 2.01. The summed E-state index contributed by atoms with van der Waals surface area (Å²) in [5.74, 6) is 1.17. The van der Waals surface area contributed by atoms with Crippen molar-refractivity contribution in [2.45, 2.75) is 6.42 Å². The molecule has 0 unspecified atom stereocenters. The molecule has 0 fully saturated rings. The molecule has 0 bridgehead atoms. The number of methoxy groups -OCH3 is 1. The van der Waals surface area contributed by atoms with Crippen molar-refractivity contribution in [3.8, 4) is 0 Å². The number of nitrogens with two attached hydrogens (primary N) is 1. The van der Waals surface area contributed by atoms with Crippen molar-refractivity contribution in [1.29, 1.82) is 0 Å². The minimum atomic E-state index is 0.482. The molecule has 2 rings (SSSR count). The van der Waals surface area contributed by atoms with Gasteiger partial charge in [0.05, 0.1) is 0 Å². The minimum Gasteiger partial charge on any atom is -0.393 e. The van der Waals surface area contributed by atoms with Crippen molar-refractivity contribution in [3.63, 3.8) is 0 Å². The van der Waals surface area contributed by atoms with Gasteiger partial charge in [-0.05, 0) is 6.42 Å². The van der Waals surface area contributed by atoms with Crippen LogP contribution in [0.15, 0.2) is 17.9 Å². The van der Waals surface area contributed by atoms with Gasteiger partial charge in [0.1, 0.15) is 12.0 Å². The average molecular weight is 280 g/mol. The average Bonchev–Trinajstić information content (AvgIpc) is 2.91. The van der Waals surface area contributed by atoms with E-state index in [9.17, 15) is 0 Å². The number of hydrogen-bond donors (Lipinski definition) is 3. The van der Waals surface area contributed by atoms with Crippen LogP contribution >= 0.6 is 11.3 Å². The fourth-order valence-electron chi connectivity index (χ4n) is 1.45. The number of nitrogens with zero attached hydrogens (tertiary/aromatic N) is 3. The molecule has 2 aromatic heterocycles. The van der Waals surface area contributed by atoms with Gasteiger partial charge in [-0.15, -0.1) is 11.3 Å². The smallest absolute Gasteiger partial charge is 0.188 e. The van der Waals surface area contributed by atoms with Crippen LogP contribution in [0.2, 0.25) is 0 Å². The normalized spacial score (nSPS) is 10.4. The molecule has 2 aromatic rings. The summed E-state index contributed by atoms with van der Waals surface area (Å²) in [6.45, 7) is 1.44. The van der Waals surface area contributed by atoms with Crippen molar-refractivity contribution in [1.82, 2.24) is 15.0 Å². The molecule has 0 aliphatic heterocycles. The summed E-state index contributed by atoms with van der Waals surface area (Å²) in [5, 5.41) is 8.84.